The third-order valence-electron chi connectivity index (χ3n) is 9.35. The second-order valence-electron chi connectivity index (χ2n) is 11.7. The monoisotopic (exact) mass is 446 g/mol. The van der Waals surface area contributed by atoms with E-state index in [9.17, 15) is 4.79 Å². The molecule has 3 rings (SSSR count). The summed E-state index contributed by atoms with van der Waals surface area (Å²) in [7, 11) is 0. The topological polar surface area (TPSA) is 26.3 Å². The molecule has 0 aromatic rings. The van der Waals surface area contributed by atoms with Crippen LogP contribution in [0.2, 0.25) is 0 Å². The van der Waals surface area contributed by atoms with Crippen LogP contribution in [0.1, 0.15) is 149 Å². The van der Waals surface area contributed by atoms with Gasteiger partial charge >= 0.3 is 5.97 Å². The van der Waals surface area contributed by atoms with Gasteiger partial charge in [0.2, 0.25) is 0 Å². The standard InChI is InChI=1S/C30H54O2/c1-3-5-7-8-9-10-11-13-14-24-16-20-28-25(22-24)17-18-26-23-27(19-21-29(26)28)32-30(31)15-12-6-4-2/h24-29H,3-23H2,1-2H3. The molecule has 0 saturated heterocycles. The molecule has 6 atom stereocenters. The zero-order valence-electron chi connectivity index (χ0n) is 21.6. The maximum Gasteiger partial charge on any atom is 0.306 e. The van der Waals surface area contributed by atoms with Crippen LogP contribution < -0.4 is 0 Å². The summed E-state index contributed by atoms with van der Waals surface area (Å²) in [4.78, 5) is 12.2. The molecule has 0 bridgehead atoms. The lowest BCUT2D eigenvalue weighted by Gasteiger charge is -2.50. The van der Waals surface area contributed by atoms with Gasteiger partial charge in [-0.3, -0.25) is 4.79 Å². The summed E-state index contributed by atoms with van der Waals surface area (Å²) >= 11 is 0. The molecule has 0 N–H and O–H groups in total. The summed E-state index contributed by atoms with van der Waals surface area (Å²) in [6.07, 6.45) is 28.2. The molecule has 32 heavy (non-hydrogen) atoms. The third kappa shape index (κ3) is 8.35. The van der Waals surface area contributed by atoms with Crippen molar-refractivity contribution in [2.45, 2.75) is 155 Å². The first-order chi connectivity index (χ1) is 15.7. The number of hydrogen-bond acceptors (Lipinski definition) is 2. The van der Waals surface area contributed by atoms with Crippen molar-refractivity contribution in [2.24, 2.45) is 29.6 Å². The van der Waals surface area contributed by atoms with Crippen molar-refractivity contribution in [3.63, 3.8) is 0 Å². The van der Waals surface area contributed by atoms with Gasteiger partial charge in [0.1, 0.15) is 6.10 Å². The average molecular weight is 447 g/mol. The van der Waals surface area contributed by atoms with Gasteiger partial charge in [-0.25, -0.2) is 0 Å². The van der Waals surface area contributed by atoms with E-state index in [0.29, 0.717) is 6.42 Å². The SMILES string of the molecule is CCCCCCCCCCC1CCC2C(CCC3CC(OC(=O)CCCCC)CCC32)C1. The second kappa shape index (κ2) is 14.7. The van der Waals surface area contributed by atoms with Gasteiger partial charge in [-0.2, -0.15) is 0 Å². The molecule has 0 aromatic heterocycles. The summed E-state index contributed by atoms with van der Waals surface area (Å²) < 4.78 is 5.89. The van der Waals surface area contributed by atoms with Crippen LogP contribution in [0.5, 0.6) is 0 Å². The number of carbonyl (C=O) groups is 1. The number of ether oxygens (including phenoxy) is 1. The number of esters is 1. The second-order valence-corrected chi connectivity index (χ2v) is 11.7. The molecule has 0 heterocycles. The Balaban J connectivity index is 1.31. The van der Waals surface area contributed by atoms with Crippen molar-refractivity contribution in [3.05, 3.63) is 0 Å². The zero-order valence-corrected chi connectivity index (χ0v) is 21.6. The number of carbonyl (C=O) groups excluding carboxylic acids is 1. The largest absolute Gasteiger partial charge is 0.462 e. The minimum Gasteiger partial charge on any atom is -0.462 e. The Kier molecular flexibility index (Phi) is 12.0. The summed E-state index contributed by atoms with van der Waals surface area (Å²) in [5, 5.41) is 0. The van der Waals surface area contributed by atoms with E-state index in [-0.39, 0.29) is 12.1 Å². The highest BCUT2D eigenvalue weighted by molar-refractivity contribution is 5.69. The van der Waals surface area contributed by atoms with E-state index in [1.807, 2.05) is 0 Å². The third-order valence-corrected chi connectivity index (χ3v) is 9.35. The molecule has 6 unspecified atom stereocenters. The van der Waals surface area contributed by atoms with E-state index < -0.39 is 0 Å². The molecule has 2 nitrogen and oxygen atoms in total. The number of unbranched alkanes of at least 4 members (excludes halogenated alkanes) is 9. The molecule has 0 aliphatic heterocycles. The maximum absolute atomic E-state index is 12.2. The molecular formula is C30H54O2. The van der Waals surface area contributed by atoms with Crippen LogP contribution in [0, 0.1) is 29.6 Å². The Morgan fingerprint density at radius 1 is 0.656 bits per heavy atom. The number of fused-ring (bicyclic) bond motifs is 3. The van der Waals surface area contributed by atoms with Crippen LogP contribution in [0.25, 0.3) is 0 Å². The Morgan fingerprint density at radius 3 is 1.97 bits per heavy atom. The molecule has 3 fully saturated rings. The van der Waals surface area contributed by atoms with E-state index in [4.69, 9.17) is 4.74 Å². The predicted molar refractivity (Wildman–Crippen MR) is 136 cm³/mol. The van der Waals surface area contributed by atoms with Crippen molar-refractivity contribution in [1.82, 2.24) is 0 Å². The average Bonchev–Trinajstić information content (AvgIpc) is 2.80. The summed E-state index contributed by atoms with van der Waals surface area (Å²) in [6, 6.07) is 0. The summed E-state index contributed by atoms with van der Waals surface area (Å²) in [5.41, 5.74) is 0. The molecule has 0 spiro atoms. The Morgan fingerprint density at radius 2 is 1.25 bits per heavy atom. The van der Waals surface area contributed by atoms with Gasteiger partial charge in [-0.15, -0.1) is 0 Å². The molecular weight excluding hydrogens is 392 g/mol. The van der Waals surface area contributed by atoms with Gasteiger partial charge in [-0.1, -0.05) is 90.9 Å². The van der Waals surface area contributed by atoms with E-state index in [1.165, 1.54) is 103 Å². The first kappa shape index (κ1) is 26.1. The Hall–Kier alpha value is -0.530. The smallest absolute Gasteiger partial charge is 0.306 e. The molecule has 2 heteroatoms. The fourth-order valence-electron chi connectivity index (χ4n) is 7.55. The van der Waals surface area contributed by atoms with Crippen LogP contribution >= 0.6 is 0 Å². The minimum atomic E-state index is 0.0667. The van der Waals surface area contributed by atoms with Gasteiger partial charge < -0.3 is 4.74 Å². The first-order valence-electron chi connectivity index (χ1n) is 14.9. The maximum atomic E-state index is 12.2. The summed E-state index contributed by atoms with van der Waals surface area (Å²) in [6.45, 7) is 4.49. The van der Waals surface area contributed by atoms with Crippen LogP contribution in [0.15, 0.2) is 0 Å². The first-order valence-corrected chi connectivity index (χ1v) is 14.9. The molecule has 186 valence electrons. The molecule has 0 aromatic carbocycles. The van der Waals surface area contributed by atoms with E-state index in [1.54, 1.807) is 0 Å². The van der Waals surface area contributed by atoms with Gasteiger partial charge in [0.15, 0.2) is 0 Å². The summed E-state index contributed by atoms with van der Waals surface area (Å²) in [5.74, 6) is 4.86. The lowest BCUT2D eigenvalue weighted by atomic mass is 9.56. The lowest BCUT2D eigenvalue weighted by Crippen LogP contribution is -2.43. The van der Waals surface area contributed by atoms with Crippen molar-refractivity contribution in [2.75, 3.05) is 0 Å². The van der Waals surface area contributed by atoms with E-state index in [2.05, 4.69) is 13.8 Å². The van der Waals surface area contributed by atoms with Crippen LogP contribution in [0.3, 0.4) is 0 Å². The fourth-order valence-corrected chi connectivity index (χ4v) is 7.55. The molecule has 3 aliphatic rings. The van der Waals surface area contributed by atoms with Gasteiger partial charge in [-0.05, 0) is 81.0 Å². The highest BCUT2D eigenvalue weighted by atomic mass is 16.5. The lowest BCUT2D eigenvalue weighted by molar-refractivity contribution is -0.153. The molecule has 0 amide bonds. The zero-order chi connectivity index (χ0) is 22.6. The van der Waals surface area contributed by atoms with Crippen molar-refractivity contribution >= 4 is 5.97 Å². The highest BCUT2D eigenvalue weighted by Crippen LogP contribution is 2.53. The molecule has 3 aliphatic carbocycles. The van der Waals surface area contributed by atoms with Gasteiger partial charge in [0, 0.05) is 6.42 Å². The van der Waals surface area contributed by atoms with E-state index >= 15 is 0 Å². The van der Waals surface area contributed by atoms with Crippen LogP contribution in [0.4, 0.5) is 0 Å². The van der Waals surface area contributed by atoms with Crippen molar-refractivity contribution in [1.29, 1.82) is 0 Å². The highest BCUT2D eigenvalue weighted by Gasteiger charge is 2.44. The Labute approximate surface area is 200 Å². The normalized spacial score (nSPS) is 32.2. The number of hydrogen-bond donors (Lipinski definition) is 0. The van der Waals surface area contributed by atoms with Crippen LogP contribution in [-0.4, -0.2) is 12.1 Å². The van der Waals surface area contributed by atoms with Crippen molar-refractivity contribution < 1.29 is 9.53 Å². The Bertz CT molecular complexity index is 515. The van der Waals surface area contributed by atoms with Crippen LogP contribution in [-0.2, 0) is 9.53 Å². The van der Waals surface area contributed by atoms with Gasteiger partial charge in [0.05, 0.1) is 0 Å². The van der Waals surface area contributed by atoms with E-state index in [0.717, 1.165) is 55.3 Å². The number of rotatable bonds is 14. The van der Waals surface area contributed by atoms with Gasteiger partial charge in [0.25, 0.3) is 0 Å². The fraction of sp³-hybridized carbons (Fsp3) is 0.967. The molecule has 3 saturated carbocycles. The predicted octanol–water partition coefficient (Wildman–Crippen LogP) is 9.25. The minimum absolute atomic E-state index is 0.0667. The van der Waals surface area contributed by atoms with Crippen molar-refractivity contribution in [3.8, 4) is 0 Å². The quantitative estimate of drug-likeness (QED) is 0.196. The molecule has 0 radical (unpaired) electrons.